The van der Waals surface area contributed by atoms with Gasteiger partial charge in [-0.3, -0.25) is 4.79 Å². The molecule has 1 aliphatic heterocycles. The molecule has 2 rings (SSSR count). The van der Waals surface area contributed by atoms with E-state index >= 15 is 0 Å². The highest BCUT2D eigenvalue weighted by Crippen LogP contribution is 2.39. The van der Waals surface area contributed by atoms with Gasteiger partial charge in [-0.05, 0) is 57.5 Å². The SMILES string of the molecule is CC1CCC(CN)(C(=O)N(C)CC2CCN(C)C2)CC1. The Labute approximate surface area is 123 Å². The van der Waals surface area contributed by atoms with Gasteiger partial charge in [-0.25, -0.2) is 0 Å². The largest absolute Gasteiger partial charge is 0.345 e. The first kappa shape index (κ1) is 15.8. The van der Waals surface area contributed by atoms with E-state index in [1.165, 1.54) is 6.42 Å². The van der Waals surface area contributed by atoms with E-state index < -0.39 is 0 Å². The summed E-state index contributed by atoms with van der Waals surface area (Å²) in [5.74, 6) is 1.67. The average molecular weight is 281 g/mol. The molecular weight excluding hydrogens is 250 g/mol. The van der Waals surface area contributed by atoms with E-state index in [9.17, 15) is 4.79 Å². The number of rotatable bonds is 4. The Hall–Kier alpha value is -0.610. The highest BCUT2D eigenvalue weighted by molar-refractivity contribution is 5.83. The highest BCUT2D eigenvalue weighted by atomic mass is 16.2. The molecule has 0 aromatic carbocycles. The maximum Gasteiger partial charge on any atom is 0.229 e. The van der Waals surface area contributed by atoms with Gasteiger partial charge in [0.15, 0.2) is 0 Å². The van der Waals surface area contributed by atoms with E-state index in [1.807, 2.05) is 11.9 Å². The Bertz CT molecular complexity index is 337. The Balaban J connectivity index is 1.94. The van der Waals surface area contributed by atoms with Crippen LogP contribution in [0.3, 0.4) is 0 Å². The Kier molecular flexibility index (Phi) is 5.08. The lowest BCUT2D eigenvalue weighted by molar-refractivity contribution is -0.143. The fourth-order valence-corrected chi connectivity index (χ4v) is 3.87. The first-order valence-electron chi connectivity index (χ1n) is 8.11. The summed E-state index contributed by atoms with van der Waals surface area (Å²) >= 11 is 0. The summed E-state index contributed by atoms with van der Waals surface area (Å²) in [6.07, 6.45) is 5.43. The molecule has 0 aromatic heterocycles. The molecule has 2 aliphatic rings. The van der Waals surface area contributed by atoms with Crippen LogP contribution < -0.4 is 5.73 Å². The van der Waals surface area contributed by atoms with Crippen LogP contribution in [0.4, 0.5) is 0 Å². The van der Waals surface area contributed by atoms with Crippen molar-refractivity contribution in [1.29, 1.82) is 0 Å². The van der Waals surface area contributed by atoms with Gasteiger partial charge in [-0.2, -0.15) is 0 Å². The maximum absolute atomic E-state index is 12.9. The first-order chi connectivity index (χ1) is 9.47. The van der Waals surface area contributed by atoms with Crippen LogP contribution in [0.15, 0.2) is 0 Å². The summed E-state index contributed by atoms with van der Waals surface area (Å²) in [4.78, 5) is 17.2. The molecule has 116 valence electrons. The van der Waals surface area contributed by atoms with Crippen molar-refractivity contribution in [1.82, 2.24) is 9.80 Å². The van der Waals surface area contributed by atoms with Crippen LogP contribution in [0.2, 0.25) is 0 Å². The highest BCUT2D eigenvalue weighted by Gasteiger charge is 2.41. The van der Waals surface area contributed by atoms with Gasteiger partial charge in [0.05, 0.1) is 5.41 Å². The number of amides is 1. The van der Waals surface area contributed by atoms with Crippen LogP contribution in [0.25, 0.3) is 0 Å². The van der Waals surface area contributed by atoms with Crippen LogP contribution in [-0.4, -0.2) is 56.0 Å². The minimum absolute atomic E-state index is 0.272. The lowest BCUT2D eigenvalue weighted by Crippen LogP contribution is -2.49. The topological polar surface area (TPSA) is 49.6 Å². The summed E-state index contributed by atoms with van der Waals surface area (Å²) in [5, 5.41) is 0. The van der Waals surface area contributed by atoms with Gasteiger partial charge in [0.25, 0.3) is 0 Å². The van der Waals surface area contributed by atoms with Crippen LogP contribution in [0, 0.1) is 17.3 Å². The van der Waals surface area contributed by atoms with Crippen molar-refractivity contribution in [3.8, 4) is 0 Å². The quantitative estimate of drug-likeness (QED) is 0.850. The van der Waals surface area contributed by atoms with Crippen molar-refractivity contribution in [3.05, 3.63) is 0 Å². The standard InChI is InChI=1S/C16H31N3O/c1-13-4-7-16(12-17,8-5-13)15(20)19(3)11-14-6-9-18(2)10-14/h13-14H,4-12,17H2,1-3H3. The van der Waals surface area contributed by atoms with Crippen LogP contribution in [0.1, 0.15) is 39.0 Å². The second-order valence-corrected chi connectivity index (χ2v) is 7.27. The zero-order valence-corrected chi connectivity index (χ0v) is 13.4. The van der Waals surface area contributed by atoms with Gasteiger partial charge in [0.1, 0.15) is 0 Å². The van der Waals surface area contributed by atoms with Gasteiger partial charge in [0, 0.05) is 26.7 Å². The lowest BCUT2D eigenvalue weighted by atomic mass is 9.70. The molecular formula is C16H31N3O. The van der Waals surface area contributed by atoms with Crippen LogP contribution in [0.5, 0.6) is 0 Å². The normalized spacial score (nSPS) is 35.2. The van der Waals surface area contributed by atoms with Crippen molar-refractivity contribution >= 4 is 5.91 Å². The molecule has 1 aliphatic carbocycles. The maximum atomic E-state index is 12.9. The third-order valence-electron chi connectivity index (χ3n) is 5.44. The second-order valence-electron chi connectivity index (χ2n) is 7.27. The zero-order chi connectivity index (χ0) is 14.8. The van der Waals surface area contributed by atoms with E-state index in [0.29, 0.717) is 18.4 Å². The Morgan fingerprint density at radius 1 is 1.35 bits per heavy atom. The van der Waals surface area contributed by atoms with E-state index in [0.717, 1.165) is 51.2 Å². The molecule has 0 aromatic rings. The molecule has 20 heavy (non-hydrogen) atoms. The lowest BCUT2D eigenvalue weighted by Gasteiger charge is -2.40. The summed E-state index contributed by atoms with van der Waals surface area (Å²) in [7, 11) is 4.13. The predicted molar refractivity (Wildman–Crippen MR) is 82.4 cm³/mol. The molecule has 2 fully saturated rings. The molecule has 4 heteroatoms. The molecule has 1 heterocycles. The van der Waals surface area contributed by atoms with Gasteiger partial charge < -0.3 is 15.5 Å². The van der Waals surface area contributed by atoms with E-state index in [2.05, 4.69) is 18.9 Å². The number of nitrogens with zero attached hydrogens (tertiary/aromatic N) is 2. The summed E-state index contributed by atoms with van der Waals surface area (Å²) in [6, 6.07) is 0. The van der Waals surface area contributed by atoms with Crippen LogP contribution in [-0.2, 0) is 4.79 Å². The van der Waals surface area contributed by atoms with Gasteiger partial charge in [-0.15, -0.1) is 0 Å². The minimum Gasteiger partial charge on any atom is -0.345 e. The number of carbonyl (C=O) groups excluding carboxylic acids is 1. The van der Waals surface area contributed by atoms with Crippen molar-refractivity contribution in [2.24, 2.45) is 23.0 Å². The fraction of sp³-hybridized carbons (Fsp3) is 0.938. The molecule has 1 unspecified atom stereocenters. The second kappa shape index (κ2) is 6.44. The minimum atomic E-state index is -0.272. The third kappa shape index (κ3) is 3.34. The molecule has 0 spiro atoms. The molecule has 1 amide bonds. The van der Waals surface area contributed by atoms with Crippen LogP contribution >= 0.6 is 0 Å². The average Bonchev–Trinajstić information content (AvgIpc) is 2.84. The monoisotopic (exact) mass is 281 g/mol. The van der Waals surface area contributed by atoms with Gasteiger partial charge in [0.2, 0.25) is 5.91 Å². The Morgan fingerprint density at radius 2 is 2.00 bits per heavy atom. The van der Waals surface area contributed by atoms with Gasteiger partial charge >= 0.3 is 0 Å². The Morgan fingerprint density at radius 3 is 2.50 bits per heavy atom. The number of likely N-dealkylation sites (tertiary alicyclic amines) is 1. The molecule has 0 radical (unpaired) electrons. The molecule has 4 nitrogen and oxygen atoms in total. The summed E-state index contributed by atoms with van der Waals surface area (Å²) < 4.78 is 0. The number of hydrogen-bond donors (Lipinski definition) is 1. The molecule has 0 bridgehead atoms. The smallest absolute Gasteiger partial charge is 0.229 e. The third-order valence-corrected chi connectivity index (χ3v) is 5.44. The summed E-state index contributed by atoms with van der Waals surface area (Å²) in [5.41, 5.74) is 5.72. The van der Waals surface area contributed by atoms with E-state index in [4.69, 9.17) is 5.73 Å². The van der Waals surface area contributed by atoms with Crippen molar-refractivity contribution < 1.29 is 4.79 Å². The molecule has 2 N–H and O–H groups in total. The molecule has 1 saturated carbocycles. The van der Waals surface area contributed by atoms with Crippen molar-refractivity contribution in [2.75, 3.05) is 40.3 Å². The molecule has 1 atom stereocenters. The first-order valence-corrected chi connectivity index (χ1v) is 8.11. The number of carbonyl (C=O) groups is 1. The van der Waals surface area contributed by atoms with E-state index in [-0.39, 0.29) is 5.41 Å². The zero-order valence-electron chi connectivity index (χ0n) is 13.4. The number of hydrogen-bond acceptors (Lipinski definition) is 3. The summed E-state index contributed by atoms with van der Waals surface area (Å²) in [6.45, 7) is 5.95. The van der Waals surface area contributed by atoms with Crippen molar-refractivity contribution in [3.63, 3.8) is 0 Å². The number of nitrogens with two attached hydrogens (primary N) is 1. The van der Waals surface area contributed by atoms with Crippen molar-refractivity contribution in [2.45, 2.75) is 39.0 Å². The molecule has 1 saturated heterocycles. The predicted octanol–water partition coefficient (Wildman–Crippen LogP) is 1.55. The fourth-order valence-electron chi connectivity index (χ4n) is 3.87. The van der Waals surface area contributed by atoms with E-state index in [1.54, 1.807) is 0 Å². The van der Waals surface area contributed by atoms with Gasteiger partial charge in [-0.1, -0.05) is 6.92 Å².